The SMILES string of the molecule is CC(C)(C)C1=CC[C-]=C1.CC(C)(C)c1ccc2c(c1)[cH-]c1cc(C(C)(C)C)ccc12.[Cl-].[Cl-].[Ti+2]=[C](c1ccccc1)c1ccccc1. The summed E-state index contributed by atoms with van der Waals surface area (Å²) >= 11 is 2.16. The molecule has 0 bridgehead atoms. The minimum absolute atomic E-state index is 0. The van der Waals surface area contributed by atoms with E-state index in [0.717, 1.165) is 6.42 Å². The number of rotatable bonds is 2. The first-order valence-corrected chi connectivity index (χ1v) is 16.5. The number of hydrogen-bond donors (Lipinski definition) is 0. The predicted molar refractivity (Wildman–Crippen MR) is 191 cm³/mol. The number of hydrogen-bond acceptors (Lipinski definition) is 0. The molecule has 0 N–H and O–H groups in total. The Labute approximate surface area is 302 Å². The third-order valence-corrected chi connectivity index (χ3v) is 9.03. The molecule has 0 spiro atoms. The Bertz CT molecular complexity index is 1660. The van der Waals surface area contributed by atoms with Crippen molar-refractivity contribution in [3.63, 3.8) is 0 Å². The molecule has 6 rings (SSSR count). The molecule has 1 aliphatic carbocycles. The number of halogens is 2. The molecule has 0 atom stereocenters. The van der Waals surface area contributed by atoms with Crippen LogP contribution in [0, 0.1) is 11.5 Å². The zero-order valence-electron chi connectivity index (χ0n) is 28.9. The topological polar surface area (TPSA) is 0 Å². The average molecular weight is 684 g/mol. The number of fused-ring (bicyclic) bond motifs is 3. The van der Waals surface area contributed by atoms with Gasteiger partial charge in [0.1, 0.15) is 0 Å². The van der Waals surface area contributed by atoms with Gasteiger partial charge in [-0.05, 0) is 10.8 Å². The van der Waals surface area contributed by atoms with Crippen molar-refractivity contribution in [3.05, 3.63) is 149 Å². The average Bonchev–Trinajstić information content (AvgIpc) is 3.66. The Balaban J connectivity index is 0.000000256. The molecule has 5 aromatic carbocycles. The molecule has 0 amide bonds. The van der Waals surface area contributed by atoms with Crippen LogP contribution < -0.4 is 24.8 Å². The molecule has 0 heterocycles. The summed E-state index contributed by atoms with van der Waals surface area (Å²) in [5.74, 6) is 0. The summed E-state index contributed by atoms with van der Waals surface area (Å²) in [6, 6.07) is 37.1. The molecule has 0 aromatic heterocycles. The van der Waals surface area contributed by atoms with Gasteiger partial charge in [-0.1, -0.05) is 103 Å². The first-order chi connectivity index (χ1) is 20.6. The van der Waals surface area contributed by atoms with Crippen LogP contribution in [0.25, 0.3) is 21.5 Å². The van der Waals surface area contributed by atoms with E-state index in [2.05, 4.69) is 192 Å². The van der Waals surface area contributed by atoms with E-state index in [4.69, 9.17) is 0 Å². The molecule has 0 unspecified atom stereocenters. The van der Waals surface area contributed by atoms with Gasteiger partial charge in [0.05, 0.1) is 0 Å². The molecule has 240 valence electrons. The van der Waals surface area contributed by atoms with Crippen molar-refractivity contribution in [1.29, 1.82) is 0 Å². The van der Waals surface area contributed by atoms with Crippen molar-refractivity contribution in [3.8, 4) is 0 Å². The fourth-order valence-electron chi connectivity index (χ4n) is 5.25. The summed E-state index contributed by atoms with van der Waals surface area (Å²) in [4.78, 5) is 0. The summed E-state index contributed by atoms with van der Waals surface area (Å²) in [6.07, 6.45) is 8.50. The van der Waals surface area contributed by atoms with Crippen molar-refractivity contribution < 1.29 is 44.8 Å². The van der Waals surface area contributed by atoms with E-state index in [1.165, 1.54) is 53.2 Å². The molecule has 0 nitrogen and oxygen atoms in total. The quantitative estimate of drug-likeness (QED) is 0.162. The Kier molecular flexibility index (Phi) is 14.2. The van der Waals surface area contributed by atoms with Crippen molar-refractivity contribution >= 4 is 25.4 Å². The van der Waals surface area contributed by atoms with Crippen LogP contribution in [0.15, 0.2) is 121 Å². The summed E-state index contributed by atoms with van der Waals surface area (Å²) < 4.78 is 1.33. The van der Waals surface area contributed by atoms with Gasteiger partial charge < -0.3 is 24.8 Å². The van der Waals surface area contributed by atoms with E-state index in [-0.39, 0.29) is 35.6 Å². The van der Waals surface area contributed by atoms with E-state index in [0.29, 0.717) is 5.41 Å². The number of allylic oxidation sites excluding steroid dienone is 4. The molecule has 0 saturated heterocycles. The fourth-order valence-corrected chi connectivity index (χ4v) is 5.77. The zero-order chi connectivity index (χ0) is 32.1. The van der Waals surface area contributed by atoms with Gasteiger partial charge in [-0.2, -0.15) is 11.6 Å². The van der Waals surface area contributed by atoms with Crippen LogP contribution >= 0.6 is 0 Å². The standard InChI is InChI=1S/C21H25.C13H10.C9H13.2ClH.Ti/c1-20(2,3)16-7-9-18-14(12-16)11-15-13-17(21(4,5)6)8-10-19(15)18;1-3-7-12(8-4-1)11-13-9-5-2-6-10-13;1-9(2,3)8-6-4-5-7-8;;;/h7-13H,1-6H3;1-10H;6-7H,4H2,1-3H3;2*1H;/q-1;;-1;;;+2/p-2. The Morgan fingerprint density at radius 1 is 0.587 bits per heavy atom. The molecule has 46 heavy (non-hydrogen) atoms. The summed E-state index contributed by atoms with van der Waals surface area (Å²) in [5, 5.41) is 5.48. The van der Waals surface area contributed by atoms with Crippen LogP contribution in [-0.2, 0) is 30.8 Å². The van der Waals surface area contributed by atoms with E-state index in [1.807, 2.05) is 12.1 Å². The maximum absolute atomic E-state index is 3.16. The third kappa shape index (κ3) is 10.5. The van der Waals surface area contributed by atoms with Crippen LogP contribution in [0.2, 0.25) is 0 Å². The Morgan fingerprint density at radius 3 is 1.30 bits per heavy atom. The molecular formula is C43H48Cl2Ti-2. The minimum atomic E-state index is 0. The monoisotopic (exact) mass is 682 g/mol. The van der Waals surface area contributed by atoms with Gasteiger partial charge in [0.2, 0.25) is 0 Å². The molecule has 5 aromatic rings. The fraction of sp³-hybridized carbons (Fsp3) is 0.302. The first kappa shape index (κ1) is 39.6. The van der Waals surface area contributed by atoms with E-state index in [1.54, 1.807) is 0 Å². The van der Waals surface area contributed by atoms with Gasteiger partial charge in [-0.25, -0.2) is 6.08 Å². The van der Waals surface area contributed by atoms with E-state index >= 15 is 0 Å². The van der Waals surface area contributed by atoms with Crippen LogP contribution in [-0.4, -0.2) is 3.81 Å². The van der Waals surface area contributed by atoms with Crippen molar-refractivity contribution in [2.45, 2.75) is 79.6 Å². The zero-order valence-corrected chi connectivity index (χ0v) is 32.0. The third-order valence-electron chi connectivity index (χ3n) is 8.12. The second-order valence-corrected chi connectivity index (χ2v) is 15.6. The molecule has 0 aliphatic heterocycles. The molecule has 3 heteroatoms. The normalized spacial score (nSPS) is 12.6. The second kappa shape index (κ2) is 16.5. The van der Waals surface area contributed by atoms with Crippen LogP contribution in [0.3, 0.4) is 0 Å². The van der Waals surface area contributed by atoms with Gasteiger partial charge in [-0.15, -0.1) is 46.2 Å². The van der Waals surface area contributed by atoms with Crippen LogP contribution in [0.1, 0.15) is 91.0 Å². The van der Waals surface area contributed by atoms with Gasteiger partial charge in [0.25, 0.3) is 0 Å². The summed E-state index contributed by atoms with van der Waals surface area (Å²) in [6.45, 7) is 20.3. The maximum atomic E-state index is 3.16. The van der Waals surface area contributed by atoms with Crippen LogP contribution in [0.4, 0.5) is 0 Å². The molecule has 0 saturated carbocycles. The van der Waals surface area contributed by atoms with Crippen LogP contribution in [0.5, 0.6) is 0 Å². The van der Waals surface area contributed by atoms with Gasteiger partial charge >= 0.3 is 95.6 Å². The second-order valence-electron chi connectivity index (χ2n) is 14.8. The Morgan fingerprint density at radius 2 is 1.00 bits per heavy atom. The summed E-state index contributed by atoms with van der Waals surface area (Å²) in [7, 11) is 0. The van der Waals surface area contributed by atoms with Crippen molar-refractivity contribution in [2.24, 2.45) is 5.41 Å². The molecule has 0 fully saturated rings. The van der Waals surface area contributed by atoms with Crippen molar-refractivity contribution in [2.75, 3.05) is 0 Å². The molecule has 1 aliphatic rings. The van der Waals surface area contributed by atoms with Gasteiger partial charge in [0.15, 0.2) is 0 Å². The van der Waals surface area contributed by atoms with E-state index < -0.39 is 0 Å². The van der Waals surface area contributed by atoms with E-state index in [9.17, 15) is 0 Å². The van der Waals surface area contributed by atoms with Crippen molar-refractivity contribution in [1.82, 2.24) is 0 Å². The first-order valence-electron chi connectivity index (χ1n) is 15.8. The molecular weight excluding hydrogens is 635 g/mol. The summed E-state index contributed by atoms with van der Waals surface area (Å²) in [5.41, 5.74) is 7.54. The van der Waals surface area contributed by atoms with Gasteiger partial charge in [-0.3, -0.25) is 6.08 Å². The molecule has 0 radical (unpaired) electrons. The van der Waals surface area contributed by atoms with Gasteiger partial charge in [0, 0.05) is 0 Å². The number of benzene rings is 4. The predicted octanol–water partition coefficient (Wildman–Crippen LogP) is 5.84. The Hall–Kier alpha value is -2.61.